The highest BCUT2D eigenvalue weighted by atomic mass is 16.5. The van der Waals surface area contributed by atoms with E-state index < -0.39 is 0 Å². The summed E-state index contributed by atoms with van der Waals surface area (Å²) in [5.74, 6) is 2.02. The van der Waals surface area contributed by atoms with Crippen LogP contribution in [-0.2, 0) is 13.0 Å². The van der Waals surface area contributed by atoms with Crippen LogP contribution in [0.15, 0.2) is 48.7 Å². The van der Waals surface area contributed by atoms with Crippen LogP contribution < -0.4 is 20.1 Å². The first-order chi connectivity index (χ1) is 15.6. The lowest BCUT2D eigenvalue weighted by atomic mass is 10.0. The Morgan fingerprint density at radius 3 is 2.66 bits per heavy atom. The molecular formula is C25H25N5O2. The fraction of sp³-hybridized carbons (Fsp3) is 0.240. The van der Waals surface area contributed by atoms with Crippen LogP contribution >= 0.6 is 0 Å². The molecule has 0 spiro atoms. The Morgan fingerprint density at radius 1 is 1.03 bits per heavy atom. The summed E-state index contributed by atoms with van der Waals surface area (Å²) in [5, 5.41) is 0.805. The molecule has 5 rings (SSSR count). The Kier molecular flexibility index (Phi) is 5.01. The quantitative estimate of drug-likeness (QED) is 0.523. The van der Waals surface area contributed by atoms with Crippen molar-refractivity contribution < 1.29 is 9.47 Å². The molecule has 3 aromatic heterocycles. The number of hydrogen-bond acceptors (Lipinski definition) is 7. The van der Waals surface area contributed by atoms with Crippen molar-refractivity contribution in [3.8, 4) is 22.8 Å². The van der Waals surface area contributed by atoms with Crippen LogP contribution in [0.25, 0.3) is 22.2 Å². The van der Waals surface area contributed by atoms with E-state index in [1.807, 2.05) is 37.3 Å². The van der Waals surface area contributed by atoms with Gasteiger partial charge < -0.3 is 20.1 Å². The molecule has 0 atom stereocenters. The first-order valence-electron chi connectivity index (χ1n) is 10.6. The number of aryl methyl sites for hydroxylation is 1. The summed E-state index contributed by atoms with van der Waals surface area (Å²) in [6.07, 6.45) is 2.63. The molecule has 0 fully saturated rings. The van der Waals surface area contributed by atoms with Crippen LogP contribution in [0, 0.1) is 6.92 Å². The topological polar surface area (TPSA) is 86.4 Å². The second kappa shape index (κ2) is 8.00. The molecule has 0 aliphatic carbocycles. The average Bonchev–Trinajstić information content (AvgIpc) is 2.82. The summed E-state index contributed by atoms with van der Waals surface area (Å²) in [6, 6.07) is 13.8. The molecule has 1 aliphatic heterocycles. The molecule has 4 aromatic rings. The molecule has 4 heterocycles. The molecule has 1 aliphatic rings. The number of rotatable bonds is 4. The summed E-state index contributed by atoms with van der Waals surface area (Å²) in [4.78, 5) is 16.4. The van der Waals surface area contributed by atoms with E-state index in [2.05, 4.69) is 27.0 Å². The number of ether oxygens (including phenoxy) is 2. The van der Waals surface area contributed by atoms with Gasteiger partial charge in [-0.1, -0.05) is 12.1 Å². The zero-order chi connectivity index (χ0) is 22.2. The number of fused-ring (bicyclic) bond motifs is 2. The Hall–Kier alpha value is -3.87. The third kappa shape index (κ3) is 3.36. The summed E-state index contributed by atoms with van der Waals surface area (Å²) < 4.78 is 11.3. The first kappa shape index (κ1) is 20.1. The zero-order valence-electron chi connectivity index (χ0n) is 18.4. The number of hydrogen-bond donors (Lipinski definition) is 1. The van der Waals surface area contributed by atoms with Gasteiger partial charge in [0.25, 0.3) is 0 Å². The van der Waals surface area contributed by atoms with Gasteiger partial charge in [0, 0.05) is 60.3 Å². The van der Waals surface area contributed by atoms with Crippen LogP contribution in [0.5, 0.6) is 11.5 Å². The van der Waals surface area contributed by atoms with Gasteiger partial charge in [0.1, 0.15) is 5.82 Å². The van der Waals surface area contributed by atoms with Crippen molar-refractivity contribution in [1.82, 2.24) is 15.0 Å². The van der Waals surface area contributed by atoms with Gasteiger partial charge >= 0.3 is 0 Å². The second-order valence-electron chi connectivity index (χ2n) is 7.90. The van der Waals surface area contributed by atoms with Gasteiger partial charge in [0.15, 0.2) is 11.5 Å². The van der Waals surface area contributed by atoms with E-state index in [0.29, 0.717) is 17.2 Å². The highest BCUT2D eigenvalue weighted by molar-refractivity contribution is 6.06. The fourth-order valence-corrected chi connectivity index (χ4v) is 4.37. The Bertz CT molecular complexity index is 1310. The summed E-state index contributed by atoms with van der Waals surface area (Å²) in [6.45, 7) is 3.61. The van der Waals surface area contributed by atoms with Crippen LogP contribution in [0.4, 0.5) is 11.5 Å². The minimum absolute atomic E-state index is 0.591. The van der Waals surface area contributed by atoms with Crippen LogP contribution in [0.3, 0.4) is 0 Å². The van der Waals surface area contributed by atoms with E-state index in [1.54, 1.807) is 20.4 Å². The van der Waals surface area contributed by atoms with Crippen molar-refractivity contribution in [3.63, 3.8) is 0 Å². The summed E-state index contributed by atoms with van der Waals surface area (Å²) >= 11 is 0. The maximum Gasteiger partial charge on any atom is 0.170 e. The SMILES string of the molecule is COc1cc2nc(N3CCc4nc(C)ccc4C3)cc(N)c2c(-c2ccccn2)c1OC. The molecule has 32 heavy (non-hydrogen) atoms. The number of methoxy groups -OCH3 is 2. The van der Waals surface area contributed by atoms with E-state index in [4.69, 9.17) is 20.2 Å². The molecule has 0 radical (unpaired) electrons. The molecule has 7 nitrogen and oxygen atoms in total. The number of benzene rings is 1. The number of pyridine rings is 3. The molecule has 1 aromatic carbocycles. The van der Waals surface area contributed by atoms with Crippen molar-refractivity contribution >= 4 is 22.4 Å². The number of nitrogens with zero attached hydrogens (tertiary/aromatic N) is 4. The minimum atomic E-state index is 0.591. The van der Waals surface area contributed by atoms with E-state index in [0.717, 1.165) is 53.2 Å². The smallest absolute Gasteiger partial charge is 0.170 e. The molecule has 0 saturated carbocycles. The Morgan fingerprint density at radius 2 is 1.91 bits per heavy atom. The van der Waals surface area contributed by atoms with E-state index in [-0.39, 0.29) is 0 Å². The minimum Gasteiger partial charge on any atom is -0.493 e. The van der Waals surface area contributed by atoms with E-state index in [9.17, 15) is 0 Å². The van der Waals surface area contributed by atoms with Crippen molar-refractivity contribution in [2.45, 2.75) is 19.9 Å². The predicted octanol–water partition coefficient (Wildman–Crippen LogP) is 4.16. The number of nitrogen functional groups attached to an aromatic ring is 1. The third-order valence-electron chi connectivity index (χ3n) is 5.89. The Balaban J connectivity index is 1.66. The third-order valence-corrected chi connectivity index (χ3v) is 5.89. The maximum absolute atomic E-state index is 6.63. The standard InChI is InChI=1S/C25H25N5O2/c1-15-7-8-16-14-30(11-9-18(16)28-15)22-12-17(26)23-20(29-22)13-21(31-2)25(32-3)24(23)19-6-4-5-10-27-19/h4-8,10,12-13H,9,11,14H2,1-3H3,(H2,26,29). The van der Waals surface area contributed by atoms with Gasteiger partial charge in [-0.15, -0.1) is 0 Å². The zero-order valence-corrected chi connectivity index (χ0v) is 18.4. The van der Waals surface area contributed by atoms with Crippen molar-refractivity contribution in [3.05, 3.63) is 65.6 Å². The van der Waals surface area contributed by atoms with Gasteiger partial charge in [-0.2, -0.15) is 0 Å². The highest BCUT2D eigenvalue weighted by Crippen LogP contribution is 2.45. The molecule has 7 heteroatoms. The summed E-state index contributed by atoms with van der Waals surface area (Å²) in [7, 11) is 3.24. The van der Waals surface area contributed by atoms with Gasteiger partial charge in [-0.05, 0) is 30.7 Å². The van der Waals surface area contributed by atoms with Crippen LogP contribution in [0.1, 0.15) is 17.0 Å². The summed E-state index contributed by atoms with van der Waals surface area (Å²) in [5.41, 5.74) is 13.0. The largest absolute Gasteiger partial charge is 0.493 e. The second-order valence-corrected chi connectivity index (χ2v) is 7.90. The maximum atomic E-state index is 6.63. The fourth-order valence-electron chi connectivity index (χ4n) is 4.37. The molecule has 2 N–H and O–H groups in total. The average molecular weight is 428 g/mol. The molecular weight excluding hydrogens is 402 g/mol. The normalized spacial score (nSPS) is 13.2. The van der Waals surface area contributed by atoms with E-state index >= 15 is 0 Å². The molecule has 0 saturated heterocycles. The molecule has 0 amide bonds. The monoisotopic (exact) mass is 427 g/mol. The molecule has 0 unspecified atom stereocenters. The van der Waals surface area contributed by atoms with Gasteiger partial charge in [0.05, 0.1) is 31.0 Å². The van der Waals surface area contributed by atoms with Crippen molar-refractivity contribution in [2.24, 2.45) is 0 Å². The van der Waals surface area contributed by atoms with Crippen LogP contribution in [-0.4, -0.2) is 35.7 Å². The lowest BCUT2D eigenvalue weighted by molar-refractivity contribution is 0.357. The van der Waals surface area contributed by atoms with Crippen molar-refractivity contribution in [2.75, 3.05) is 31.4 Å². The lowest BCUT2D eigenvalue weighted by Crippen LogP contribution is -2.31. The number of aromatic nitrogens is 3. The highest BCUT2D eigenvalue weighted by Gasteiger charge is 2.23. The van der Waals surface area contributed by atoms with E-state index in [1.165, 1.54) is 11.3 Å². The van der Waals surface area contributed by atoms with Crippen LogP contribution in [0.2, 0.25) is 0 Å². The first-order valence-corrected chi connectivity index (χ1v) is 10.6. The number of anilines is 2. The number of nitrogens with two attached hydrogens (primary N) is 1. The molecule has 0 bridgehead atoms. The molecule has 162 valence electrons. The van der Waals surface area contributed by atoms with Crippen molar-refractivity contribution in [1.29, 1.82) is 0 Å². The Labute approximate surface area is 186 Å². The van der Waals surface area contributed by atoms with Gasteiger partial charge in [-0.25, -0.2) is 4.98 Å². The predicted molar refractivity (Wildman–Crippen MR) is 126 cm³/mol. The van der Waals surface area contributed by atoms with Gasteiger partial charge in [0.2, 0.25) is 0 Å². The van der Waals surface area contributed by atoms with Gasteiger partial charge in [-0.3, -0.25) is 9.97 Å². The lowest BCUT2D eigenvalue weighted by Gasteiger charge is -2.30.